The fraction of sp³-hybridized carbons (Fsp3) is 0.526. The van der Waals surface area contributed by atoms with Crippen molar-refractivity contribution in [2.45, 2.75) is 31.8 Å². The number of rotatable bonds is 5. The van der Waals surface area contributed by atoms with E-state index in [-0.39, 0.29) is 11.9 Å². The lowest BCUT2D eigenvalue weighted by Gasteiger charge is -2.26. The molecular formula is C19H26N6O. The zero-order valence-electron chi connectivity index (χ0n) is 15.0. The van der Waals surface area contributed by atoms with Gasteiger partial charge in [-0.15, -0.1) is 5.10 Å². The van der Waals surface area contributed by atoms with Crippen molar-refractivity contribution in [2.75, 3.05) is 32.7 Å². The number of nitrogens with zero attached hydrogens (tertiary/aromatic N) is 4. The Morgan fingerprint density at radius 1 is 1.19 bits per heavy atom. The largest absolute Gasteiger partial charge is 0.348 e. The van der Waals surface area contributed by atoms with Gasteiger partial charge in [0.05, 0.1) is 12.7 Å². The molecule has 1 aromatic carbocycles. The number of amides is 1. The standard InChI is InChI=1S/C19H26N6O/c26-19(21-17-6-5-15-3-1-2-4-16(15)13-17)18-14-25(23-22-18)12-11-24-9-7-20-8-10-24/h1-4,14,17,20H,5-13H2,(H,21,26)/t17-/m0/s1. The number of aryl methyl sites for hydroxylation is 1. The Hall–Kier alpha value is -2.25. The third-order valence-corrected chi connectivity index (χ3v) is 5.31. The van der Waals surface area contributed by atoms with Gasteiger partial charge in [-0.2, -0.15) is 0 Å². The molecule has 0 spiro atoms. The summed E-state index contributed by atoms with van der Waals surface area (Å²) in [6.45, 7) is 5.89. The van der Waals surface area contributed by atoms with E-state index < -0.39 is 0 Å². The number of carbonyl (C=O) groups excluding carboxylic acids is 1. The Morgan fingerprint density at radius 3 is 2.85 bits per heavy atom. The molecule has 0 unspecified atom stereocenters. The van der Waals surface area contributed by atoms with Crippen molar-refractivity contribution in [2.24, 2.45) is 0 Å². The number of benzene rings is 1. The first-order valence-electron chi connectivity index (χ1n) is 9.49. The molecule has 1 fully saturated rings. The number of nitrogens with one attached hydrogen (secondary N) is 2. The Kier molecular flexibility index (Phi) is 5.26. The van der Waals surface area contributed by atoms with Crippen LogP contribution in [0.25, 0.3) is 0 Å². The summed E-state index contributed by atoms with van der Waals surface area (Å²) in [5.41, 5.74) is 3.14. The molecule has 1 atom stereocenters. The molecule has 1 amide bonds. The summed E-state index contributed by atoms with van der Waals surface area (Å²) in [5, 5.41) is 14.6. The fourth-order valence-corrected chi connectivity index (χ4v) is 3.77. The van der Waals surface area contributed by atoms with E-state index in [1.807, 2.05) is 0 Å². The van der Waals surface area contributed by atoms with Crippen LogP contribution in [0.1, 0.15) is 28.0 Å². The number of piperazine rings is 1. The Bertz CT molecular complexity index is 752. The highest BCUT2D eigenvalue weighted by Gasteiger charge is 2.21. The molecule has 26 heavy (non-hydrogen) atoms. The first-order valence-corrected chi connectivity index (χ1v) is 9.49. The van der Waals surface area contributed by atoms with Gasteiger partial charge in [0, 0.05) is 38.8 Å². The molecule has 2 N–H and O–H groups in total. The van der Waals surface area contributed by atoms with Crippen molar-refractivity contribution < 1.29 is 4.79 Å². The molecule has 1 aliphatic carbocycles. The van der Waals surface area contributed by atoms with Gasteiger partial charge in [0.25, 0.3) is 5.91 Å². The van der Waals surface area contributed by atoms with Crippen LogP contribution in [-0.4, -0.2) is 64.6 Å². The number of carbonyl (C=O) groups is 1. The van der Waals surface area contributed by atoms with E-state index in [1.165, 1.54) is 11.1 Å². The molecule has 1 aliphatic heterocycles. The monoisotopic (exact) mass is 354 g/mol. The van der Waals surface area contributed by atoms with Gasteiger partial charge in [-0.05, 0) is 30.4 Å². The minimum absolute atomic E-state index is 0.122. The Balaban J connectivity index is 1.29. The van der Waals surface area contributed by atoms with Crippen LogP contribution in [0, 0.1) is 0 Å². The molecule has 4 rings (SSSR count). The van der Waals surface area contributed by atoms with E-state index in [0.717, 1.165) is 58.5 Å². The van der Waals surface area contributed by atoms with Crippen molar-refractivity contribution in [1.82, 2.24) is 30.5 Å². The number of hydrogen-bond donors (Lipinski definition) is 2. The molecule has 0 bridgehead atoms. The highest BCUT2D eigenvalue weighted by atomic mass is 16.2. The maximum atomic E-state index is 12.5. The SMILES string of the molecule is O=C(N[C@H]1CCc2ccccc2C1)c1cn(CCN2CCNCC2)nn1. The molecule has 7 heteroatoms. The lowest BCUT2D eigenvalue weighted by molar-refractivity contribution is 0.0928. The first-order chi connectivity index (χ1) is 12.8. The van der Waals surface area contributed by atoms with Crippen LogP contribution in [0.4, 0.5) is 0 Å². The second-order valence-corrected chi connectivity index (χ2v) is 7.14. The molecule has 7 nitrogen and oxygen atoms in total. The van der Waals surface area contributed by atoms with E-state index in [1.54, 1.807) is 10.9 Å². The summed E-state index contributed by atoms with van der Waals surface area (Å²) in [4.78, 5) is 14.9. The van der Waals surface area contributed by atoms with Crippen molar-refractivity contribution in [3.63, 3.8) is 0 Å². The number of aromatic nitrogens is 3. The lowest BCUT2D eigenvalue weighted by Crippen LogP contribution is -2.44. The fourth-order valence-electron chi connectivity index (χ4n) is 3.77. The van der Waals surface area contributed by atoms with E-state index in [2.05, 4.69) is 50.1 Å². The maximum absolute atomic E-state index is 12.5. The van der Waals surface area contributed by atoms with E-state index >= 15 is 0 Å². The Morgan fingerprint density at radius 2 is 2.00 bits per heavy atom. The smallest absolute Gasteiger partial charge is 0.273 e. The van der Waals surface area contributed by atoms with Crippen molar-refractivity contribution in [3.05, 3.63) is 47.3 Å². The van der Waals surface area contributed by atoms with Crippen LogP contribution < -0.4 is 10.6 Å². The number of fused-ring (bicyclic) bond motifs is 1. The maximum Gasteiger partial charge on any atom is 0.273 e. The van der Waals surface area contributed by atoms with Crippen LogP contribution in [0.15, 0.2) is 30.5 Å². The first kappa shape index (κ1) is 17.2. The summed E-state index contributed by atoms with van der Waals surface area (Å²) in [6, 6.07) is 8.64. The van der Waals surface area contributed by atoms with Gasteiger partial charge in [-0.1, -0.05) is 29.5 Å². The van der Waals surface area contributed by atoms with Crippen LogP contribution in [0.2, 0.25) is 0 Å². The third kappa shape index (κ3) is 4.11. The summed E-state index contributed by atoms with van der Waals surface area (Å²) in [7, 11) is 0. The molecule has 1 aromatic heterocycles. The van der Waals surface area contributed by atoms with E-state index in [4.69, 9.17) is 0 Å². The average Bonchev–Trinajstić information content (AvgIpc) is 3.16. The van der Waals surface area contributed by atoms with Crippen LogP contribution in [-0.2, 0) is 19.4 Å². The minimum atomic E-state index is -0.122. The zero-order chi connectivity index (χ0) is 17.8. The summed E-state index contributed by atoms with van der Waals surface area (Å²) < 4.78 is 1.77. The van der Waals surface area contributed by atoms with Gasteiger partial charge in [0.15, 0.2) is 5.69 Å². The highest BCUT2D eigenvalue weighted by Crippen LogP contribution is 2.21. The molecule has 2 aromatic rings. The van der Waals surface area contributed by atoms with E-state index in [0.29, 0.717) is 5.69 Å². The normalized spacial score (nSPS) is 20.5. The predicted octanol–water partition coefficient (Wildman–Crippen LogP) is 0.471. The predicted molar refractivity (Wildman–Crippen MR) is 99.1 cm³/mol. The van der Waals surface area contributed by atoms with Crippen molar-refractivity contribution >= 4 is 5.91 Å². The molecule has 0 saturated carbocycles. The zero-order valence-corrected chi connectivity index (χ0v) is 15.0. The summed E-state index contributed by atoms with van der Waals surface area (Å²) in [5.74, 6) is -0.122. The highest BCUT2D eigenvalue weighted by molar-refractivity contribution is 5.92. The van der Waals surface area contributed by atoms with Gasteiger partial charge in [0.2, 0.25) is 0 Å². The van der Waals surface area contributed by atoms with Crippen molar-refractivity contribution in [1.29, 1.82) is 0 Å². The number of hydrogen-bond acceptors (Lipinski definition) is 5. The summed E-state index contributed by atoms with van der Waals surface area (Å²) in [6.07, 6.45) is 4.63. The minimum Gasteiger partial charge on any atom is -0.348 e. The molecular weight excluding hydrogens is 328 g/mol. The van der Waals surface area contributed by atoms with Crippen LogP contribution in [0.5, 0.6) is 0 Å². The van der Waals surface area contributed by atoms with Gasteiger partial charge in [0.1, 0.15) is 0 Å². The summed E-state index contributed by atoms with van der Waals surface area (Å²) >= 11 is 0. The quantitative estimate of drug-likeness (QED) is 0.817. The van der Waals surface area contributed by atoms with Gasteiger partial charge >= 0.3 is 0 Å². The second-order valence-electron chi connectivity index (χ2n) is 7.14. The van der Waals surface area contributed by atoms with Gasteiger partial charge < -0.3 is 10.6 Å². The van der Waals surface area contributed by atoms with Crippen molar-refractivity contribution in [3.8, 4) is 0 Å². The van der Waals surface area contributed by atoms with Gasteiger partial charge in [-0.3, -0.25) is 14.4 Å². The third-order valence-electron chi connectivity index (χ3n) is 5.31. The average molecular weight is 354 g/mol. The molecule has 2 aliphatic rings. The molecule has 1 saturated heterocycles. The lowest BCUT2D eigenvalue weighted by atomic mass is 9.88. The molecule has 2 heterocycles. The topological polar surface area (TPSA) is 75.1 Å². The Labute approximate surface area is 153 Å². The van der Waals surface area contributed by atoms with Gasteiger partial charge in [-0.25, -0.2) is 0 Å². The molecule has 138 valence electrons. The van der Waals surface area contributed by atoms with Crippen LogP contribution >= 0.6 is 0 Å². The van der Waals surface area contributed by atoms with Crippen LogP contribution in [0.3, 0.4) is 0 Å². The van der Waals surface area contributed by atoms with E-state index in [9.17, 15) is 4.79 Å². The second kappa shape index (κ2) is 7.97. The molecule has 0 radical (unpaired) electrons.